The molecular weight excluding hydrogens is 588 g/mol. The van der Waals surface area contributed by atoms with Crippen LogP contribution in [0.4, 0.5) is 0 Å². The molecule has 0 radical (unpaired) electrons. The molecule has 48 heavy (non-hydrogen) atoms. The van der Waals surface area contributed by atoms with E-state index in [4.69, 9.17) is 14.4 Å². The summed E-state index contributed by atoms with van der Waals surface area (Å²) in [7, 11) is 0. The predicted molar refractivity (Wildman–Crippen MR) is 197 cm³/mol. The fraction of sp³-hybridized carbons (Fsp3) is 0.0909. The van der Waals surface area contributed by atoms with Gasteiger partial charge < -0.3 is 9.52 Å². The minimum atomic E-state index is -0.0467. The second-order valence-corrected chi connectivity index (χ2v) is 13.3. The van der Waals surface area contributed by atoms with E-state index in [9.17, 15) is 5.11 Å². The standard InChI is InChI=1S/C44H34N2O2/c1-44(2,3)35-24-30-17-12-20-45-41(30)38(27-35)34-22-31(28-13-6-4-7-14-28)21-33(23-34)37-25-32(29-15-8-5-9-16-29)26-40-42(37)46-43(48-40)36-18-10-11-19-39(36)47/h4-27,47H,1-3H3. The molecule has 232 valence electrons. The molecule has 2 heterocycles. The zero-order valence-corrected chi connectivity index (χ0v) is 27.1. The molecule has 0 spiro atoms. The molecule has 0 saturated carbocycles. The summed E-state index contributed by atoms with van der Waals surface area (Å²) in [6, 6.07) is 47.6. The number of phenolic OH excluding ortho intramolecular Hbond substituents is 1. The van der Waals surface area contributed by atoms with Gasteiger partial charge in [-0.2, -0.15) is 0 Å². The Morgan fingerprint density at radius 2 is 1.12 bits per heavy atom. The Labute approximate surface area is 280 Å². The van der Waals surface area contributed by atoms with E-state index in [0.717, 1.165) is 60.9 Å². The fourth-order valence-corrected chi connectivity index (χ4v) is 6.40. The van der Waals surface area contributed by atoms with Crippen molar-refractivity contribution in [2.75, 3.05) is 0 Å². The number of benzene rings is 6. The summed E-state index contributed by atoms with van der Waals surface area (Å²) in [4.78, 5) is 9.90. The van der Waals surface area contributed by atoms with Gasteiger partial charge in [0.2, 0.25) is 5.89 Å². The van der Waals surface area contributed by atoms with Gasteiger partial charge in [0.1, 0.15) is 11.3 Å². The number of aromatic nitrogens is 2. The maximum atomic E-state index is 10.7. The first-order valence-corrected chi connectivity index (χ1v) is 16.2. The molecule has 0 fully saturated rings. The van der Waals surface area contributed by atoms with E-state index in [-0.39, 0.29) is 11.2 Å². The van der Waals surface area contributed by atoms with Crippen LogP contribution < -0.4 is 0 Å². The zero-order valence-electron chi connectivity index (χ0n) is 27.1. The lowest BCUT2D eigenvalue weighted by molar-refractivity contribution is 0.474. The van der Waals surface area contributed by atoms with Gasteiger partial charge in [0, 0.05) is 22.7 Å². The molecule has 1 N–H and O–H groups in total. The van der Waals surface area contributed by atoms with Gasteiger partial charge in [-0.15, -0.1) is 0 Å². The number of hydrogen-bond donors (Lipinski definition) is 1. The van der Waals surface area contributed by atoms with Crippen LogP contribution in [0.25, 0.3) is 78.0 Å². The van der Waals surface area contributed by atoms with Crippen molar-refractivity contribution in [2.24, 2.45) is 0 Å². The lowest BCUT2D eigenvalue weighted by atomic mass is 9.83. The Bertz CT molecular complexity index is 2440. The summed E-state index contributed by atoms with van der Waals surface area (Å²) >= 11 is 0. The first kappa shape index (κ1) is 29.4. The number of rotatable bonds is 5. The minimum Gasteiger partial charge on any atom is -0.507 e. The van der Waals surface area contributed by atoms with Crippen LogP contribution in [-0.2, 0) is 5.41 Å². The smallest absolute Gasteiger partial charge is 0.231 e. The van der Waals surface area contributed by atoms with Crippen LogP contribution in [0.1, 0.15) is 26.3 Å². The summed E-state index contributed by atoms with van der Waals surface area (Å²) in [5.74, 6) is 0.502. The van der Waals surface area contributed by atoms with E-state index in [1.807, 2.05) is 54.7 Å². The van der Waals surface area contributed by atoms with Gasteiger partial charge >= 0.3 is 0 Å². The zero-order chi connectivity index (χ0) is 32.8. The lowest BCUT2D eigenvalue weighted by Gasteiger charge is -2.22. The SMILES string of the molecule is CC(C)(C)c1cc(-c2cc(-c3ccccc3)cc(-c3cc(-c4ccccc4)cc4oc(-c5ccccc5O)nc34)c2)c2ncccc2c1. The van der Waals surface area contributed by atoms with Crippen LogP contribution in [0.15, 0.2) is 150 Å². The summed E-state index contributed by atoms with van der Waals surface area (Å²) in [5.41, 5.74) is 12.5. The third-order valence-corrected chi connectivity index (χ3v) is 8.97. The fourth-order valence-electron chi connectivity index (χ4n) is 6.40. The van der Waals surface area contributed by atoms with Gasteiger partial charge in [0.25, 0.3) is 0 Å². The molecule has 8 rings (SSSR count). The van der Waals surface area contributed by atoms with E-state index < -0.39 is 0 Å². The molecule has 0 unspecified atom stereocenters. The quantitative estimate of drug-likeness (QED) is 0.207. The maximum absolute atomic E-state index is 10.7. The van der Waals surface area contributed by atoms with E-state index in [0.29, 0.717) is 17.0 Å². The lowest BCUT2D eigenvalue weighted by Crippen LogP contribution is -2.11. The Morgan fingerprint density at radius 3 is 1.79 bits per heavy atom. The number of nitrogens with zero attached hydrogens (tertiary/aromatic N) is 2. The van der Waals surface area contributed by atoms with Crippen LogP contribution >= 0.6 is 0 Å². The van der Waals surface area contributed by atoms with E-state index in [1.165, 1.54) is 5.56 Å². The number of oxazole rings is 1. The van der Waals surface area contributed by atoms with E-state index in [1.54, 1.807) is 12.1 Å². The largest absolute Gasteiger partial charge is 0.507 e. The number of pyridine rings is 1. The summed E-state index contributed by atoms with van der Waals surface area (Å²) < 4.78 is 6.42. The molecule has 0 atom stereocenters. The van der Waals surface area contributed by atoms with Gasteiger partial charge in [0.05, 0.1) is 11.1 Å². The topological polar surface area (TPSA) is 59.2 Å². The minimum absolute atomic E-state index is 0.0467. The molecule has 0 amide bonds. The number of fused-ring (bicyclic) bond motifs is 2. The monoisotopic (exact) mass is 622 g/mol. The number of para-hydroxylation sites is 1. The van der Waals surface area contributed by atoms with Crippen molar-refractivity contribution in [3.63, 3.8) is 0 Å². The maximum Gasteiger partial charge on any atom is 0.231 e. The summed E-state index contributed by atoms with van der Waals surface area (Å²) in [5, 5.41) is 11.8. The highest BCUT2D eigenvalue weighted by molar-refractivity contribution is 6.00. The molecule has 4 heteroatoms. The first-order valence-electron chi connectivity index (χ1n) is 16.2. The van der Waals surface area contributed by atoms with Crippen molar-refractivity contribution in [1.82, 2.24) is 9.97 Å². The van der Waals surface area contributed by atoms with Gasteiger partial charge in [-0.1, -0.05) is 99.6 Å². The predicted octanol–water partition coefficient (Wildman–Crippen LogP) is 11.7. The van der Waals surface area contributed by atoms with Crippen LogP contribution in [0.2, 0.25) is 0 Å². The van der Waals surface area contributed by atoms with Gasteiger partial charge in [-0.3, -0.25) is 4.98 Å². The Balaban J connectivity index is 1.44. The van der Waals surface area contributed by atoms with Gasteiger partial charge in [0.15, 0.2) is 5.58 Å². The Hall–Kier alpha value is -6.00. The highest BCUT2D eigenvalue weighted by Gasteiger charge is 2.21. The van der Waals surface area contributed by atoms with Crippen LogP contribution in [-0.4, -0.2) is 15.1 Å². The highest BCUT2D eigenvalue weighted by Crippen LogP contribution is 2.42. The number of phenols is 1. The van der Waals surface area contributed by atoms with Gasteiger partial charge in [-0.25, -0.2) is 4.98 Å². The van der Waals surface area contributed by atoms with Crippen LogP contribution in [0, 0.1) is 0 Å². The van der Waals surface area contributed by atoms with Crippen molar-refractivity contribution in [3.8, 4) is 61.7 Å². The molecular formula is C44H34N2O2. The first-order chi connectivity index (χ1) is 23.3. The van der Waals surface area contributed by atoms with Crippen molar-refractivity contribution in [2.45, 2.75) is 26.2 Å². The van der Waals surface area contributed by atoms with E-state index >= 15 is 0 Å². The highest BCUT2D eigenvalue weighted by atomic mass is 16.3. The molecule has 6 aromatic carbocycles. The average molecular weight is 623 g/mol. The molecule has 0 aliphatic heterocycles. The van der Waals surface area contributed by atoms with Crippen molar-refractivity contribution >= 4 is 22.0 Å². The molecule has 0 bridgehead atoms. The average Bonchev–Trinajstić information content (AvgIpc) is 3.55. The molecule has 0 saturated heterocycles. The van der Waals surface area contributed by atoms with Crippen molar-refractivity contribution in [1.29, 1.82) is 0 Å². The molecule has 0 aliphatic rings. The third kappa shape index (κ3) is 5.41. The second-order valence-electron chi connectivity index (χ2n) is 13.3. The molecule has 0 aliphatic carbocycles. The molecule has 4 nitrogen and oxygen atoms in total. The summed E-state index contributed by atoms with van der Waals surface area (Å²) in [6.07, 6.45) is 1.87. The number of hydrogen-bond acceptors (Lipinski definition) is 4. The Kier molecular flexibility index (Phi) is 7.14. The normalized spacial score (nSPS) is 11.7. The van der Waals surface area contributed by atoms with E-state index in [2.05, 4.69) is 99.6 Å². The van der Waals surface area contributed by atoms with Crippen LogP contribution in [0.3, 0.4) is 0 Å². The van der Waals surface area contributed by atoms with Crippen molar-refractivity contribution in [3.05, 3.63) is 151 Å². The van der Waals surface area contributed by atoms with Crippen molar-refractivity contribution < 1.29 is 9.52 Å². The molecule has 8 aromatic rings. The number of aromatic hydroxyl groups is 1. The summed E-state index contributed by atoms with van der Waals surface area (Å²) in [6.45, 7) is 6.75. The molecule has 2 aromatic heterocycles. The Morgan fingerprint density at radius 1 is 0.521 bits per heavy atom. The third-order valence-electron chi connectivity index (χ3n) is 8.97. The van der Waals surface area contributed by atoms with Gasteiger partial charge in [-0.05, 0) is 105 Å². The van der Waals surface area contributed by atoms with Crippen LogP contribution in [0.5, 0.6) is 5.75 Å². The second kappa shape index (κ2) is 11.7.